The highest BCUT2D eigenvalue weighted by Gasteiger charge is 2.26. The van der Waals surface area contributed by atoms with Crippen molar-refractivity contribution in [2.24, 2.45) is 0 Å². The zero-order chi connectivity index (χ0) is 13.3. The van der Waals surface area contributed by atoms with Gasteiger partial charge in [0.1, 0.15) is 16.5 Å². The predicted molar refractivity (Wildman–Crippen MR) is 65.0 cm³/mol. The van der Waals surface area contributed by atoms with Gasteiger partial charge in [0.2, 0.25) is 0 Å². The van der Waals surface area contributed by atoms with E-state index in [-0.39, 0.29) is 16.4 Å². The van der Waals surface area contributed by atoms with Crippen LogP contribution in [-0.2, 0) is 10.0 Å². The summed E-state index contributed by atoms with van der Waals surface area (Å²) in [6.45, 7) is 0. The normalized spacial score (nSPS) is 11.4. The van der Waals surface area contributed by atoms with Crippen molar-refractivity contribution < 1.29 is 12.8 Å². The average molecular weight is 270 g/mol. The first-order valence-electron chi connectivity index (χ1n) is 4.97. The molecule has 0 saturated carbocycles. The Labute approximate surface area is 103 Å². The molecule has 0 unspecified atom stereocenters. The van der Waals surface area contributed by atoms with Crippen molar-refractivity contribution in [1.29, 1.82) is 0 Å². The van der Waals surface area contributed by atoms with Gasteiger partial charge in [-0.25, -0.2) is 12.8 Å². The molecule has 3 N–H and O–H groups in total. The Balaban J connectivity index is 2.50. The second-order valence-corrected chi connectivity index (χ2v) is 5.51. The number of nitrogens with one attached hydrogen (secondary N) is 1. The number of nitrogen functional groups attached to an aromatic ring is 1. The Bertz CT molecular complexity index is 668. The summed E-state index contributed by atoms with van der Waals surface area (Å²) in [5, 5.41) is 5.86. The number of H-pyrrole nitrogens is 1. The molecule has 0 atom stereocenters. The molecule has 1 heterocycles. The zero-order valence-electron chi connectivity index (χ0n) is 9.46. The third-order valence-corrected chi connectivity index (χ3v) is 4.26. The van der Waals surface area contributed by atoms with Crippen LogP contribution in [0, 0.1) is 5.82 Å². The number of aromatic nitrogens is 2. The van der Waals surface area contributed by atoms with Gasteiger partial charge in [-0.1, -0.05) is 12.1 Å². The molecule has 2 rings (SSSR count). The molecule has 0 aliphatic carbocycles. The van der Waals surface area contributed by atoms with E-state index in [9.17, 15) is 12.8 Å². The lowest BCUT2D eigenvalue weighted by atomic mass is 10.3. The topological polar surface area (TPSA) is 92.1 Å². The van der Waals surface area contributed by atoms with Crippen molar-refractivity contribution in [3.8, 4) is 0 Å². The summed E-state index contributed by atoms with van der Waals surface area (Å²) in [5.41, 5.74) is 5.41. The lowest BCUT2D eigenvalue weighted by Crippen LogP contribution is -2.27. The molecule has 6 nitrogen and oxygen atoms in total. The number of aromatic amines is 1. The molecule has 18 heavy (non-hydrogen) atoms. The fraction of sp³-hybridized carbons (Fsp3) is 0.100. The van der Waals surface area contributed by atoms with Crippen LogP contribution in [-0.4, -0.2) is 25.7 Å². The molecule has 0 spiro atoms. The summed E-state index contributed by atoms with van der Waals surface area (Å²) in [6, 6.07) is 5.57. The van der Waals surface area contributed by atoms with E-state index in [0.717, 1.165) is 10.5 Å². The molecule has 0 aliphatic rings. The standard InChI is InChI=1S/C10H11FN4O2S/c1-15(8-5-3-2-4-7(8)11)18(16,17)9-6-13-14-10(9)12/h2-6H,1H3,(H3,12,13,14). The van der Waals surface area contributed by atoms with E-state index in [4.69, 9.17) is 5.73 Å². The number of hydrogen-bond donors (Lipinski definition) is 2. The van der Waals surface area contributed by atoms with Crippen molar-refractivity contribution >= 4 is 21.5 Å². The summed E-state index contributed by atoms with van der Waals surface area (Å²) in [5.74, 6) is -0.719. The maximum Gasteiger partial charge on any atom is 0.269 e. The van der Waals surface area contributed by atoms with Gasteiger partial charge in [-0.2, -0.15) is 5.10 Å². The van der Waals surface area contributed by atoms with Crippen molar-refractivity contribution in [1.82, 2.24) is 10.2 Å². The second-order valence-electron chi connectivity index (χ2n) is 3.57. The largest absolute Gasteiger partial charge is 0.383 e. The fourth-order valence-corrected chi connectivity index (χ4v) is 2.69. The van der Waals surface area contributed by atoms with E-state index in [0.29, 0.717) is 0 Å². The van der Waals surface area contributed by atoms with Crippen molar-refractivity contribution in [3.63, 3.8) is 0 Å². The van der Waals surface area contributed by atoms with Gasteiger partial charge in [0, 0.05) is 7.05 Å². The summed E-state index contributed by atoms with van der Waals surface area (Å²) >= 11 is 0. The Kier molecular flexibility index (Phi) is 2.95. The van der Waals surface area contributed by atoms with Crippen LogP contribution in [0.15, 0.2) is 35.4 Å². The van der Waals surface area contributed by atoms with Crippen LogP contribution in [0.25, 0.3) is 0 Å². The molecule has 0 radical (unpaired) electrons. The first kappa shape index (κ1) is 12.4. The Hall–Kier alpha value is -2.09. The number of anilines is 2. The van der Waals surface area contributed by atoms with Gasteiger partial charge in [0.25, 0.3) is 10.0 Å². The van der Waals surface area contributed by atoms with E-state index in [1.165, 1.54) is 25.2 Å². The average Bonchev–Trinajstić information content (AvgIpc) is 2.76. The summed E-state index contributed by atoms with van der Waals surface area (Å²) in [7, 11) is -2.68. The van der Waals surface area contributed by atoms with E-state index in [1.807, 2.05) is 0 Å². The highest BCUT2D eigenvalue weighted by molar-refractivity contribution is 7.93. The maximum atomic E-state index is 13.6. The Morgan fingerprint density at radius 2 is 2.06 bits per heavy atom. The molecular formula is C10H11FN4O2S. The lowest BCUT2D eigenvalue weighted by molar-refractivity contribution is 0.590. The molecular weight excluding hydrogens is 259 g/mol. The van der Waals surface area contributed by atoms with Crippen LogP contribution in [0.4, 0.5) is 15.9 Å². The number of sulfonamides is 1. The van der Waals surface area contributed by atoms with Crippen LogP contribution in [0.2, 0.25) is 0 Å². The lowest BCUT2D eigenvalue weighted by Gasteiger charge is -2.19. The Morgan fingerprint density at radius 1 is 1.39 bits per heavy atom. The monoisotopic (exact) mass is 270 g/mol. The fourth-order valence-electron chi connectivity index (χ4n) is 1.47. The van der Waals surface area contributed by atoms with Gasteiger partial charge in [-0.3, -0.25) is 9.40 Å². The minimum absolute atomic E-state index is 0.0573. The smallest absolute Gasteiger partial charge is 0.269 e. The van der Waals surface area contributed by atoms with Crippen LogP contribution in [0.1, 0.15) is 0 Å². The van der Waals surface area contributed by atoms with Crippen LogP contribution in [0.3, 0.4) is 0 Å². The highest BCUT2D eigenvalue weighted by Crippen LogP contribution is 2.26. The van der Waals surface area contributed by atoms with Gasteiger partial charge in [0.15, 0.2) is 0 Å². The minimum atomic E-state index is -3.93. The molecule has 1 aromatic heterocycles. The van der Waals surface area contributed by atoms with E-state index in [2.05, 4.69) is 10.2 Å². The SMILES string of the molecule is CN(c1ccccc1F)S(=O)(=O)c1cn[nH]c1N. The minimum Gasteiger partial charge on any atom is -0.383 e. The van der Waals surface area contributed by atoms with Crippen LogP contribution < -0.4 is 10.0 Å². The van der Waals surface area contributed by atoms with Crippen LogP contribution in [0.5, 0.6) is 0 Å². The molecule has 0 amide bonds. The van der Waals surface area contributed by atoms with Gasteiger partial charge in [-0.15, -0.1) is 0 Å². The number of benzene rings is 1. The molecule has 0 saturated heterocycles. The number of para-hydroxylation sites is 1. The molecule has 0 aliphatic heterocycles. The molecule has 96 valence electrons. The molecule has 2 aromatic rings. The first-order valence-corrected chi connectivity index (χ1v) is 6.41. The molecule has 0 bridgehead atoms. The third-order valence-electron chi connectivity index (χ3n) is 2.46. The third kappa shape index (κ3) is 1.90. The number of halogens is 1. The van der Waals surface area contributed by atoms with Gasteiger partial charge in [0.05, 0.1) is 11.9 Å². The van der Waals surface area contributed by atoms with Crippen LogP contribution >= 0.6 is 0 Å². The van der Waals surface area contributed by atoms with Gasteiger partial charge >= 0.3 is 0 Å². The van der Waals surface area contributed by atoms with Gasteiger partial charge < -0.3 is 5.73 Å². The van der Waals surface area contributed by atoms with Gasteiger partial charge in [-0.05, 0) is 12.1 Å². The molecule has 1 aromatic carbocycles. The summed E-state index contributed by atoms with van der Waals surface area (Å²) < 4.78 is 38.7. The second kappa shape index (κ2) is 4.30. The maximum absolute atomic E-state index is 13.6. The quantitative estimate of drug-likeness (QED) is 0.868. The van der Waals surface area contributed by atoms with E-state index < -0.39 is 15.8 Å². The number of rotatable bonds is 3. The molecule has 0 fully saturated rings. The molecule has 8 heteroatoms. The summed E-state index contributed by atoms with van der Waals surface area (Å²) in [4.78, 5) is -0.187. The zero-order valence-corrected chi connectivity index (χ0v) is 10.3. The Morgan fingerprint density at radius 3 is 2.61 bits per heavy atom. The number of nitrogens with two attached hydrogens (primary N) is 1. The predicted octanol–water partition coefficient (Wildman–Crippen LogP) is 0.956. The van der Waals surface area contributed by atoms with Crippen molar-refractivity contribution in [3.05, 3.63) is 36.3 Å². The van der Waals surface area contributed by atoms with E-state index in [1.54, 1.807) is 6.07 Å². The van der Waals surface area contributed by atoms with E-state index >= 15 is 0 Å². The first-order chi connectivity index (χ1) is 8.44. The number of nitrogens with zero attached hydrogens (tertiary/aromatic N) is 2. The highest BCUT2D eigenvalue weighted by atomic mass is 32.2. The number of hydrogen-bond acceptors (Lipinski definition) is 4. The summed E-state index contributed by atoms with van der Waals surface area (Å²) in [6.07, 6.45) is 1.09. The van der Waals surface area contributed by atoms with Crippen molar-refractivity contribution in [2.75, 3.05) is 17.1 Å². The van der Waals surface area contributed by atoms with Crippen molar-refractivity contribution in [2.45, 2.75) is 4.90 Å².